The van der Waals surface area contributed by atoms with Crippen LogP contribution in [0.1, 0.15) is 31.1 Å². The van der Waals surface area contributed by atoms with Crippen molar-refractivity contribution in [1.82, 2.24) is 9.78 Å². The molecule has 1 aromatic heterocycles. The molecule has 1 fully saturated rings. The zero-order valence-electron chi connectivity index (χ0n) is 7.75. The molecule has 1 atom stereocenters. The minimum absolute atomic E-state index is 0.120. The first-order valence-electron chi connectivity index (χ1n) is 4.72. The SMILES string of the molecule is ClCc1cn([C@H]2CCCCO2)nc1I. The number of nitrogens with zero attached hydrogens (tertiary/aromatic N) is 2. The Hall–Kier alpha value is 0.190. The fraction of sp³-hybridized carbons (Fsp3) is 0.667. The molecule has 0 saturated carbocycles. The van der Waals surface area contributed by atoms with Gasteiger partial charge in [-0.05, 0) is 41.9 Å². The molecule has 0 N–H and O–H groups in total. The maximum absolute atomic E-state index is 5.79. The van der Waals surface area contributed by atoms with E-state index in [1.54, 1.807) is 0 Å². The lowest BCUT2D eigenvalue weighted by Crippen LogP contribution is -2.18. The molecule has 1 aliphatic heterocycles. The van der Waals surface area contributed by atoms with Crippen LogP contribution in [-0.4, -0.2) is 16.4 Å². The summed E-state index contributed by atoms with van der Waals surface area (Å²) in [5.41, 5.74) is 1.08. The van der Waals surface area contributed by atoms with E-state index in [0.717, 1.165) is 28.7 Å². The van der Waals surface area contributed by atoms with Crippen molar-refractivity contribution in [2.45, 2.75) is 31.4 Å². The van der Waals surface area contributed by atoms with Crippen LogP contribution in [-0.2, 0) is 10.6 Å². The van der Waals surface area contributed by atoms with Gasteiger partial charge in [-0.15, -0.1) is 11.6 Å². The van der Waals surface area contributed by atoms with E-state index in [0.29, 0.717) is 5.88 Å². The largest absolute Gasteiger partial charge is 0.357 e. The van der Waals surface area contributed by atoms with Gasteiger partial charge in [0.25, 0.3) is 0 Å². The van der Waals surface area contributed by atoms with Crippen molar-refractivity contribution in [2.75, 3.05) is 6.61 Å². The van der Waals surface area contributed by atoms with Crippen LogP contribution in [0.5, 0.6) is 0 Å². The highest BCUT2D eigenvalue weighted by Crippen LogP contribution is 2.23. The molecule has 0 bridgehead atoms. The van der Waals surface area contributed by atoms with Crippen LogP contribution in [0.4, 0.5) is 0 Å². The first-order valence-corrected chi connectivity index (χ1v) is 6.33. The Labute approximate surface area is 102 Å². The molecule has 1 aliphatic rings. The monoisotopic (exact) mass is 326 g/mol. The van der Waals surface area contributed by atoms with Crippen molar-refractivity contribution in [1.29, 1.82) is 0 Å². The number of aromatic nitrogens is 2. The van der Waals surface area contributed by atoms with Crippen molar-refractivity contribution < 1.29 is 4.74 Å². The van der Waals surface area contributed by atoms with E-state index in [4.69, 9.17) is 16.3 Å². The van der Waals surface area contributed by atoms with Gasteiger partial charge in [-0.3, -0.25) is 0 Å². The average Bonchev–Trinajstić information content (AvgIpc) is 2.61. The third kappa shape index (κ3) is 2.23. The lowest BCUT2D eigenvalue weighted by Gasteiger charge is -2.22. The molecule has 78 valence electrons. The lowest BCUT2D eigenvalue weighted by atomic mass is 10.2. The van der Waals surface area contributed by atoms with E-state index in [2.05, 4.69) is 27.7 Å². The van der Waals surface area contributed by atoms with Gasteiger partial charge in [0, 0.05) is 18.4 Å². The molecule has 2 heterocycles. The average molecular weight is 327 g/mol. The van der Waals surface area contributed by atoms with Crippen molar-refractivity contribution in [3.8, 4) is 0 Å². The van der Waals surface area contributed by atoms with Crippen molar-refractivity contribution in [2.24, 2.45) is 0 Å². The zero-order valence-corrected chi connectivity index (χ0v) is 10.7. The fourth-order valence-corrected chi connectivity index (χ4v) is 2.58. The maximum atomic E-state index is 5.79. The predicted octanol–water partition coefficient (Wildman–Crippen LogP) is 2.93. The molecular weight excluding hydrogens is 314 g/mol. The second-order valence-electron chi connectivity index (χ2n) is 3.38. The van der Waals surface area contributed by atoms with Crippen LogP contribution in [0.15, 0.2) is 6.20 Å². The van der Waals surface area contributed by atoms with Crippen LogP contribution in [0.2, 0.25) is 0 Å². The number of alkyl halides is 1. The topological polar surface area (TPSA) is 27.1 Å². The summed E-state index contributed by atoms with van der Waals surface area (Å²) in [6, 6.07) is 0. The molecule has 2 rings (SSSR count). The number of halogens is 2. The highest BCUT2D eigenvalue weighted by atomic mass is 127. The lowest BCUT2D eigenvalue weighted by molar-refractivity contribution is -0.0397. The summed E-state index contributed by atoms with van der Waals surface area (Å²) in [5, 5.41) is 4.40. The van der Waals surface area contributed by atoms with E-state index in [1.165, 1.54) is 6.42 Å². The first-order chi connectivity index (χ1) is 6.81. The van der Waals surface area contributed by atoms with Crippen LogP contribution in [0.25, 0.3) is 0 Å². The Bertz CT molecular complexity index is 310. The van der Waals surface area contributed by atoms with Gasteiger partial charge in [0.1, 0.15) is 9.93 Å². The minimum Gasteiger partial charge on any atom is -0.357 e. The molecule has 3 nitrogen and oxygen atoms in total. The molecule has 0 unspecified atom stereocenters. The van der Waals surface area contributed by atoms with Crippen LogP contribution in [0, 0.1) is 3.70 Å². The molecule has 0 aromatic carbocycles. The van der Waals surface area contributed by atoms with Crippen molar-refractivity contribution >= 4 is 34.2 Å². The third-order valence-electron chi connectivity index (χ3n) is 2.35. The minimum atomic E-state index is 0.120. The number of rotatable bonds is 2. The highest BCUT2D eigenvalue weighted by molar-refractivity contribution is 14.1. The molecule has 0 radical (unpaired) electrons. The number of hydrogen-bond donors (Lipinski definition) is 0. The van der Waals surface area contributed by atoms with Gasteiger partial charge in [0.05, 0.1) is 5.88 Å². The van der Waals surface area contributed by atoms with E-state index in [-0.39, 0.29) is 6.23 Å². The number of ether oxygens (including phenoxy) is 1. The van der Waals surface area contributed by atoms with Gasteiger partial charge in [0.2, 0.25) is 0 Å². The fourth-order valence-electron chi connectivity index (χ4n) is 1.58. The summed E-state index contributed by atoms with van der Waals surface area (Å²) in [6.07, 6.45) is 5.55. The van der Waals surface area contributed by atoms with E-state index < -0.39 is 0 Å². The van der Waals surface area contributed by atoms with Gasteiger partial charge in [-0.2, -0.15) is 5.10 Å². The smallest absolute Gasteiger partial charge is 0.150 e. The molecule has 1 saturated heterocycles. The second-order valence-corrected chi connectivity index (χ2v) is 4.67. The molecule has 0 amide bonds. The van der Waals surface area contributed by atoms with Crippen LogP contribution < -0.4 is 0 Å². The van der Waals surface area contributed by atoms with Crippen LogP contribution in [0.3, 0.4) is 0 Å². The summed E-state index contributed by atoms with van der Waals surface area (Å²) in [5.74, 6) is 0.519. The molecule has 5 heteroatoms. The summed E-state index contributed by atoms with van der Waals surface area (Å²) in [4.78, 5) is 0. The number of hydrogen-bond acceptors (Lipinski definition) is 2. The second kappa shape index (κ2) is 4.81. The molecule has 0 aliphatic carbocycles. The van der Waals surface area contributed by atoms with E-state index in [1.807, 2.05) is 10.9 Å². The molecule has 14 heavy (non-hydrogen) atoms. The van der Waals surface area contributed by atoms with E-state index in [9.17, 15) is 0 Å². The summed E-state index contributed by atoms with van der Waals surface area (Å²) in [7, 11) is 0. The molecule has 1 aromatic rings. The predicted molar refractivity (Wildman–Crippen MR) is 63.3 cm³/mol. The third-order valence-corrected chi connectivity index (χ3v) is 3.55. The van der Waals surface area contributed by atoms with Gasteiger partial charge >= 0.3 is 0 Å². The Morgan fingerprint density at radius 2 is 2.50 bits per heavy atom. The molecule has 0 spiro atoms. The van der Waals surface area contributed by atoms with E-state index >= 15 is 0 Å². The quantitative estimate of drug-likeness (QED) is 0.617. The summed E-state index contributed by atoms with van der Waals surface area (Å²) in [6.45, 7) is 0.845. The Morgan fingerprint density at radius 3 is 3.07 bits per heavy atom. The van der Waals surface area contributed by atoms with Gasteiger partial charge in [-0.25, -0.2) is 4.68 Å². The van der Waals surface area contributed by atoms with Gasteiger partial charge in [0.15, 0.2) is 0 Å². The van der Waals surface area contributed by atoms with Crippen LogP contribution >= 0.6 is 34.2 Å². The van der Waals surface area contributed by atoms with Gasteiger partial charge in [-0.1, -0.05) is 0 Å². The Morgan fingerprint density at radius 1 is 1.64 bits per heavy atom. The van der Waals surface area contributed by atoms with Gasteiger partial charge < -0.3 is 4.74 Å². The maximum Gasteiger partial charge on any atom is 0.150 e. The zero-order chi connectivity index (χ0) is 9.97. The molecular formula is C9H12ClIN2O. The standard InChI is InChI=1S/C9H12ClIN2O/c10-5-7-6-13(12-9(7)11)8-3-1-2-4-14-8/h6,8H,1-5H2/t8-/m1/s1. The Balaban J connectivity index is 2.14. The first kappa shape index (κ1) is 10.7. The highest BCUT2D eigenvalue weighted by Gasteiger charge is 2.17. The van der Waals surface area contributed by atoms with Crippen molar-refractivity contribution in [3.05, 3.63) is 15.5 Å². The van der Waals surface area contributed by atoms with Crippen molar-refractivity contribution in [3.63, 3.8) is 0 Å². The summed E-state index contributed by atoms with van der Waals surface area (Å²) < 4.78 is 8.51. The summed E-state index contributed by atoms with van der Waals surface area (Å²) >= 11 is 7.99. The normalized spacial score (nSPS) is 22.6. The Kier molecular flexibility index (Phi) is 3.67.